The molecule has 0 spiro atoms. The molecule has 0 radical (unpaired) electrons. The number of nitrogen functional groups attached to an aromatic ring is 1. The molecule has 1 saturated heterocycles. The van der Waals surface area contributed by atoms with Crippen LogP contribution in [0.3, 0.4) is 0 Å². The maximum Gasteiger partial charge on any atom is 0.189 e. The summed E-state index contributed by atoms with van der Waals surface area (Å²) in [7, 11) is 0. The van der Waals surface area contributed by atoms with Crippen molar-refractivity contribution in [1.82, 2.24) is 25.4 Å². The molecule has 3 N–H and O–H groups in total. The second kappa shape index (κ2) is 10.0. The predicted molar refractivity (Wildman–Crippen MR) is 135 cm³/mol. The van der Waals surface area contributed by atoms with E-state index in [9.17, 15) is 5.26 Å². The summed E-state index contributed by atoms with van der Waals surface area (Å²) in [4.78, 5) is 12.8. The van der Waals surface area contributed by atoms with Crippen LogP contribution >= 0.6 is 0 Å². The molecule has 0 bridgehead atoms. The van der Waals surface area contributed by atoms with Gasteiger partial charge < -0.3 is 20.3 Å². The van der Waals surface area contributed by atoms with Crippen LogP contribution in [0.2, 0.25) is 0 Å². The summed E-state index contributed by atoms with van der Waals surface area (Å²) in [6.07, 6.45) is 2.82. The fourth-order valence-electron chi connectivity index (χ4n) is 3.98. The number of nitrogens with zero attached hydrogens (tertiary/aromatic N) is 5. The number of anilines is 1. The molecule has 9 nitrogen and oxygen atoms in total. The number of hydrogen-bond acceptors (Lipinski definition) is 9. The van der Waals surface area contributed by atoms with Crippen molar-refractivity contribution in [2.75, 3.05) is 25.5 Å². The number of halogens is 1. The summed E-state index contributed by atoms with van der Waals surface area (Å²) in [6, 6.07) is 13.3. The highest BCUT2D eigenvalue weighted by molar-refractivity contribution is 5.73. The summed E-state index contributed by atoms with van der Waals surface area (Å²) in [6.45, 7) is 6.58. The Morgan fingerprint density at radius 2 is 1.95 bits per heavy atom. The number of aromatic nitrogens is 4. The number of pyridine rings is 1. The van der Waals surface area contributed by atoms with E-state index in [0.29, 0.717) is 17.4 Å². The highest BCUT2D eigenvalue weighted by Gasteiger charge is 2.28. The molecular formula is C27H26FN7O2. The van der Waals surface area contributed by atoms with E-state index in [0.717, 1.165) is 37.4 Å². The third-order valence-electron chi connectivity index (χ3n) is 6.30. The van der Waals surface area contributed by atoms with Gasteiger partial charge in [0.05, 0.1) is 42.3 Å². The monoisotopic (exact) mass is 499 g/mol. The largest absolute Gasteiger partial charge is 0.382 e. The summed E-state index contributed by atoms with van der Waals surface area (Å²) in [5.41, 5.74) is 8.30. The van der Waals surface area contributed by atoms with E-state index >= 15 is 4.39 Å². The van der Waals surface area contributed by atoms with Gasteiger partial charge in [0.25, 0.3) is 0 Å². The number of hydrogen-bond donors (Lipinski definition) is 2. The van der Waals surface area contributed by atoms with Crippen molar-refractivity contribution >= 4 is 5.82 Å². The molecule has 3 aromatic heterocycles. The summed E-state index contributed by atoms with van der Waals surface area (Å²) in [5, 5.41) is 17.0. The van der Waals surface area contributed by atoms with Gasteiger partial charge in [-0.05, 0) is 25.5 Å². The molecule has 0 unspecified atom stereocenters. The van der Waals surface area contributed by atoms with Crippen molar-refractivity contribution in [3.8, 4) is 40.0 Å². The van der Waals surface area contributed by atoms with E-state index in [2.05, 4.69) is 31.5 Å². The molecule has 0 amide bonds. The first-order valence-electron chi connectivity index (χ1n) is 11.9. The maximum atomic E-state index is 15.3. The Morgan fingerprint density at radius 1 is 1.16 bits per heavy atom. The minimum atomic E-state index is -1.11. The SMILES string of the molecule is CC(C)(C#N)c1nccc(-c2cnc(N)c(-c3cc(-c4ccc(CNCC5COC5)cc4)no3)n2)c1F. The Bertz CT molecular complexity index is 1460. The van der Waals surface area contributed by atoms with Crippen molar-refractivity contribution in [3.05, 3.63) is 65.9 Å². The molecule has 4 aromatic rings. The molecule has 188 valence electrons. The fraction of sp³-hybridized carbons (Fsp3) is 0.296. The van der Waals surface area contributed by atoms with Gasteiger partial charge >= 0.3 is 0 Å². The van der Waals surface area contributed by atoms with Gasteiger partial charge in [0.15, 0.2) is 23.1 Å². The van der Waals surface area contributed by atoms with E-state index in [-0.39, 0.29) is 28.5 Å². The van der Waals surface area contributed by atoms with Gasteiger partial charge in [-0.25, -0.2) is 14.4 Å². The molecule has 0 atom stereocenters. The third-order valence-corrected chi connectivity index (χ3v) is 6.30. The summed E-state index contributed by atoms with van der Waals surface area (Å²) in [5.74, 6) is 0.399. The standard InChI is InChI=1S/C27H26FN7O2/c1-27(2,15-29)25-23(28)19(7-8-32-25)21-12-33-26(30)24(34-21)22-9-20(35-37-22)18-5-3-16(4-6-18)10-31-11-17-13-36-14-17/h3-9,12,17,31H,10-11,13-14H2,1-2H3,(H2,30,33). The van der Waals surface area contributed by atoms with Crippen LogP contribution in [0, 0.1) is 23.1 Å². The lowest BCUT2D eigenvalue weighted by atomic mass is 9.89. The molecule has 37 heavy (non-hydrogen) atoms. The van der Waals surface area contributed by atoms with Gasteiger partial charge in [-0.3, -0.25) is 4.98 Å². The lowest BCUT2D eigenvalue weighted by Crippen LogP contribution is -2.36. The van der Waals surface area contributed by atoms with Crippen LogP contribution in [0.15, 0.2) is 53.3 Å². The van der Waals surface area contributed by atoms with Crippen molar-refractivity contribution < 1.29 is 13.7 Å². The zero-order valence-electron chi connectivity index (χ0n) is 20.5. The first kappa shape index (κ1) is 24.5. The number of nitrogens with one attached hydrogen (secondary N) is 1. The number of benzene rings is 1. The fourth-order valence-corrected chi connectivity index (χ4v) is 3.98. The normalized spacial score (nSPS) is 13.8. The van der Waals surface area contributed by atoms with Crippen molar-refractivity contribution in [1.29, 1.82) is 5.26 Å². The highest BCUT2D eigenvalue weighted by Crippen LogP contribution is 2.32. The average molecular weight is 500 g/mol. The zero-order chi connectivity index (χ0) is 26.0. The number of nitriles is 1. The molecule has 4 heterocycles. The smallest absolute Gasteiger partial charge is 0.189 e. The topological polar surface area (TPSA) is 136 Å². The molecule has 1 aromatic carbocycles. The Morgan fingerprint density at radius 3 is 2.65 bits per heavy atom. The minimum absolute atomic E-state index is 0.0327. The van der Waals surface area contributed by atoms with Gasteiger partial charge in [-0.1, -0.05) is 29.4 Å². The summed E-state index contributed by atoms with van der Waals surface area (Å²) >= 11 is 0. The van der Waals surface area contributed by atoms with Crippen LogP contribution in [0.25, 0.3) is 34.0 Å². The Kier molecular flexibility index (Phi) is 6.65. The van der Waals surface area contributed by atoms with Gasteiger partial charge in [-0.15, -0.1) is 0 Å². The Labute approximate surface area is 213 Å². The Balaban J connectivity index is 1.37. The third kappa shape index (κ3) is 5.05. The van der Waals surface area contributed by atoms with Crippen molar-refractivity contribution in [2.45, 2.75) is 25.8 Å². The van der Waals surface area contributed by atoms with E-state index in [4.69, 9.17) is 15.0 Å². The predicted octanol–water partition coefficient (Wildman–Crippen LogP) is 4.12. The molecule has 0 saturated carbocycles. The van der Waals surface area contributed by atoms with Crippen LogP contribution in [0.5, 0.6) is 0 Å². The van der Waals surface area contributed by atoms with Crippen LogP contribution < -0.4 is 11.1 Å². The lowest BCUT2D eigenvalue weighted by molar-refractivity contribution is -0.0307. The van der Waals surface area contributed by atoms with Gasteiger partial charge in [-0.2, -0.15) is 5.26 Å². The van der Waals surface area contributed by atoms with Crippen LogP contribution in [-0.4, -0.2) is 39.9 Å². The van der Waals surface area contributed by atoms with Gasteiger partial charge in [0.1, 0.15) is 5.69 Å². The maximum absolute atomic E-state index is 15.3. The van der Waals surface area contributed by atoms with Crippen molar-refractivity contribution in [3.63, 3.8) is 0 Å². The van der Waals surface area contributed by atoms with E-state index in [1.807, 2.05) is 24.3 Å². The molecule has 5 rings (SSSR count). The molecule has 0 aliphatic carbocycles. The van der Waals surface area contributed by atoms with Gasteiger partial charge in [0, 0.05) is 42.4 Å². The second-order valence-electron chi connectivity index (χ2n) is 9.55. The van der Waals surface area contributed by atoms with Crippen LogP contribution in [0.1, 0.15) is 25.1 Å². The van der Waals surface area contributed by atoms with E-state index in [1.165, 1.54) is 18.5 Å². The molecule has 1 aliphatic rings. The molecule has 1 aliphatic heterocycles. The van der Waals surface area contributed by atoms with E-state index < -0.39 is 11.2 Å². The second-order valence-corrected chi connectivity index (χ2v) is 9.55. The highest BCUT2D eigenvalue weighted by atomic mass is 19.1. The van der Waals surface area contributed by atoms with Crippen LogP contribution in [0.4, 0.5) is 10.2 Å². The van der Waals surface area contributed by atoms with Gasteiger partial charge in [0.2, 0.25) is 0 Å². The molecular weight excluding hydrogens is 473 g/mol. The quantitative estimate of drug-likeness (QED) is 0.367. The first-order valence-corrected chi connectivity index (χ1v) is 11.9. The summed E-state index contributed by atoms with van der Waals surface area (Å²) < 4.78 is 26.0. The molecule has 1 fully saturated rings. The number of rotatable bonds is 8. The van der Waals surface area contributed by atoms with E-state index in [1.54, 1.807) is 19.9 Å². The number of nitrogens with two attached hydrogens (primary N) is 1. The minimum Gasteiger partial charge on any atom is -0.382 e. The Hall–Kier alpha value is -4.20. The zero-order valence-corrected chi connectivity index (χ0v) is 20.5. The number of ether oxygens (including phenoxy) is 1. The average Bonchev–Trinajstić information content (AvgIpc) is 3.36. The van der Waals surface area contributed by atoms with Crippen molar-refractivity contribution in [2.24, 2.45) is 5.92 Å². The first-order chi connectivity index (χ1) is 17.9. The lowest BCUT2D eigenvalue weighted by Gasteiger charge is -2.26. The molecule has 10 heteroatoms. The van der Waals surface area contributed by atoms with Crippen LogP contribution in [-0.2, 0) is 16.7 Å².